The molecule has 18 heteroatoms. The average molecular weight is 859 g/mol. The van der Waals surface area contributed by atoms with Crippen LogP contribution in [0.1, 0.15) is 136 Å². The van der Waals surface area contributed by atoms with E-state index in [1.807, 2.05) is 0 Å². The predicted octanol–water partition coefficient (Wildman–Crippen LogP) is 6.18. The SMILES string of the molecule is CCCCC[C@@H](O)/C=C/[C@@H]1[C@H](C/C=C\CC(=O)OC[C@H](COP(=O)(O)OC[C@@H](O)COP(=O)(O)O)OC(=O)CCCCCCCCCCC(C)CC)[C@@H](O)C[C@H]1O. The molecule has 0 spiro atoms. The lowest BCUT2D eigenvalue weighted by molar-refractivity contribution is -0.160. The maximum atomic E-state index is 12.7. The number of aliphatic hydroxyl groups is 4. The van der Waals surface area contributed by atoms with E-state index in [9.17, 15) is 44.0 Å². The summed E-state index contributed by atoms with van der Waals surface area (Å²) in [5.74, 6) is -1.27. The van der Waals surface area contributed by atoms with Crippen LogP contribution in [0.25, 0.3) is 0 Å². The van der Waals surface area contributed by atoms with Gasteiger partial charge in [-0.15, -0.1) is 0 Å². The molecule has 0 aromatic carbocycles. The Morgan fingerprint density at radius 3 is 2.02 bits per heavy atom. The molecule has 334 valence electrons. The van der Waals surface area contributed by atoms with E-state index in [2.05, 4.69) is 29.8 Å². The van der Waals surface area contributed by atoms with Crippen molar-refractivity contribution in [3.8, 4) is 0 Å². The van der Waals surface area contributed by atoms with Crippen molar-refractivity contribution in [3.05, 3.63) is 24.3 Å². The third kappa shape index (κ3) is 27.8. The molecule has 2 unspecified atom stereocenters. The fourth-order valence-corrected chi connectivity index (χ4v) is 7.51. The topological polar surface area (TPSA) is 256 Å². The summed E-state index contributed by atoms with van der Waals surface area (Å²) in [6.07, 6.45) is 16.1. The Morgan fingerprint density at radius 2 is 1.37 bits per heavy atom. The first-order valence-electron chi connectivity index (χ1n) is 20.7. The molecule has 1 aliphatic rings. The van der Waals surface area contributed by atoms with Crippen molar-refractivity contribution >= 4 is 27.6 Å². The summed E-state index contributed by atoms with van der Waals surface area (Å²) < 4.78 is 47.6. The first-order valence-corrected chi connectivity index (χ1v) is 23.7. The van der Waals surface area contributed by atoms with E-state index in [1.165, 1.54) is 32.1 Å². The molecular formula is C39H72O16P2. The molecule has 0 heterocycles. The molecular weight excluding hydrogens is 786 g/mol. The van der Waals surface area contributed by atoms with E-state index in [-0.39, 0.29) is 31.1 Å². The zero-order chi connectivity index (χ0) is 42.7. The summed E-state index contributed by atoms with van der Waals surface area (Å²) in [6, 6.07) is 0. The molecule has 0 saturated heterocycles. The third-order valence-electron chi connectivity index (χ3n) is 9.98. The van der Waals surface area contributed by atoms with E-state index in [0.29, 0.717) is 19.3 Å². The molecule has 0 aliphatic heterocycles. The fraction of sp³-hybridized carbons (Fsp3) is 0.846. The predicted molar refractivity (Wildman–Crippen MR) is 213 cm³/mol. The first kappa shape index (κ1) is 53.5. The van der Waals surface area contributed by atoms with Crippen LogP contribution in [0.5, 0.6) is 0 Å². The van der Waals surface area contributed by atoms with Crippen LogP contribution in [0.2, 0.25) is 0 Å². The Balaban J connectivity index is 2.66. The second-order valence-corrected chi connectivity index (χ2v) is 17.8. The Kier molecular flexibility index (Phi) is 28.6. The molecule has 0 bridgehead atoms. The smallest absolute Gasteiger partial charge is 0.461 e. The average Bonchev–Trinajstić information content (AvgIpc) is 3.42. The number of ether oxygens (including phenoxy) is 2. The number of allylic oxidation sites excluding steroid dienone is 1. The minimum absolute atomic E-state index is 0.0663. The number of rotatable bonds is 34. The van der Waals surface area contributed by atoms with Crippen molar-refractivity contribution in [2.24, 2.45) is 17.8 Å². The highest BCUT2D eigenvalue weighted by Gasteiger charge is 2.39. The number of esters is 2. The highest BCUT2D eigenvalue weighted by Crippen LogP contribution is 2.44. The van der Waals surface area contributed by atoms with Gasteiger partial charge in [-0.25, -0.2) is 9.13 Å². The van der Waals surface area contributed by atoms with Crippen LogP contribution in [-0.4, -0.2) is 104 Å². The van der Waals surface area contributed by atoms with Gasteiger partial charge < -0.3 is 44.6 Å². The largest absolute Gasteiger partial charge is 0.472 e. The Bertz CT molecular complexity index is 1240. The number of hydrogen-bond acceptors (Lipinski definition) is 13. The molecule has 0 radical (unpaired) electrons. The third-order valence-corrected chi connectivity index (χ3v) is 11.4. The van der Waals surface area contributed by atoms with E-state index in [0.717, 1.165) is 50.9 Å². The van der Waals surface area contributed by atoms with Crippen LogP contribution < -0.4 is 0 Å². The van der Waals surface area contributed by atoms with Gasteiger partial charge in [0.15, 0.2) is 6.10 Å². The van der Waals surface area contributed by atoms with Gasteiger partial charge in [0, 0.05) is 18.8 Å². The van der Waals surface area contributed by atoms with Crippen LogP contribution >= 0.6 is 15.6 Å². The van der Waals surface area contributed by atoms with Crippen molar-refractivity contribution in [1.82, 2.24) is 0 Å². The Labute approximate surface area is 339 Å². The molecule has 0 amide bonds. The van der Waals surface area contributed by atoms with Gasteiger partial charge in [-0.05, 0) is 31.1 Å². The number of carbonyl (C=O) groups excluding carboxylic acids is 2. The summed E-state index contributed by atoms with van der Waals surface area (Å²) in [5.41, 5.74) is 0. The molecule has 9 atom stereocenters. The normalized spacial score (nSPS) is 22.1. The summed E-state index contributed by atoms with van der Waals surface area (Å²) in [6.45, 7) is 3.55. The maximum absolute atomic E-state index is 12.7. The minimum Gasteiger partial charge on any atom is -0.461 e. The van der Waals surface area contributed by atoms with Crippen molar-refractivity contribution in [2.75, 3.05) is 26.4 Å². The monoisotopic (exact) mass is 858 g/mol. The number of phosphoric ester groups is 2. The molecule has 1 fully saturated rings. The summed E-state index contributed by atoms with van der Waals surface area (Å²) in [4.78, 5) is 52.8. The molecule has 57 heavy (non-hydrogen) atoms. The highest BCUT2D eigenvalue weighted by atomic mass is 31.2. The number of aliphatic hydroxyl groups excluding tert-OH is 4. The van der Waals surface area contributed by atoms with Crippen LogP contribution in [0.4, 0.5) is 0 Å². The minimum atomic E-state index is -4.90. The highest BCUT2D eigenvalue weighted by molar-refractivity contribution is 7.47. The van der Waals surface area contributed by atoms with E-state index in [1.54, 1.807) is 24.3 Å². The van der Waals surface area contributed by atoms with Crippen molar-refractivity contribution in [2.45, 2.75) is 167 Å². The zero-order valence-electron chi connectivity index (χ0n) is 34.2. The fourth-order valence-electron chi connectivity index (χ4n) is 6.35. The van der Waals surface area contributed by atoms with Crippen LogP contribution in [0.3, 0.4) is 0 Å². The maximum Gasteiger partial charge on any atom is 0.472 e. The molecule has 7 N–H and O–H groups in total. The second kappa shape index (κ2) is 30.5. The van der Waals surface area contributed by atoms with Crippen molar-refractivity contribution in [3.63, 3.8) is 0 Å². The van der Waals surface area contributed by atoms with Gasteiger partial charge in [0.25, 0.3) is 0 Å². The van der Waals surface area contributed by atoms with E-state index in [4.69, 9.17) is 23.8 Å². The van der Waals surface area contributed by atoms with Gasteiger partial charge in [-0.3, -0.25) is 23.2 Å². The second-order valence-electron chi connectivity index (χ2n) is 15.1. The van der Waals surface area contributed by atoms with Crippen molar-refractivity contribution < 1.29 is 76.9 Å². The zero-order valence-corrected chi connectivity index (χ0v) is 36.0. The molecule has 1 saturated carbocycles. The summed E-state index contributed by atoms with van der Waals surface area (Å²) >= 11 is 0. The van der Waals surface area contributed by atoms with Crippen LogP contribution in [0.15, 0.2) is 24.3 Å². The van der Waals surface area contributed by atoms with Gasteiger partial charge in [-0.1, -0.05) is 122 Å². The summed E-state index contributed by atoms with van der Waals surface area (Å²) in [7, 11) is -9.78. The number of phosphoric acid groups is 2. The summed E-state index contributed by atoms with van der Waals surface area (Å²) in [5, 5.41) is 41.0. The molecule has 16 nitrogen and oxygen atoms in total. The standard InChI is InChI=1S/C39H72O16P2/c1-4-6-13-19-31(40)23-24-35-34(36(42)25-37(35)43)20-16-17-21-38(44)51-28-33(29-54-57(49,50)53-27-32(41)26-52-56(46,47)48)55-39(45)22-15-12-10-8-7-9-11-14-18-30(3)5-2/h16-17,23-24,30-37,40-43H,4-15,18-22,25-29H2,1-3H3,(H,49,50)(H2,46,47,48)/b17-16-,24-23+/t30?,31-,32+,33-,34+,35-,36+,37-/m1/s1. The van der Waals surface area contributed by atoms with Gasteiger partial charge in [0.05, 0.1) is 44.6 Å². The first-order chi connectivity index (χ1) is 27.0. The molecule has 1 rings (SSSR count). The molecule has 1 aliphatic carbocycles. The number of carbonyl (C=O) groups is 2. The Hall–Kier alpha value is -1.52. The lowest BCUT2D eigenvalue weighted by Crippen LogP contribution is -2.29. The lowest BCUT2D eigenvalue weighted by atomic mass is 9.89. The van der Waals surface area contributed by atoms with Gasteiger partial charge in [0.2, 0.25) is 0 Å². The Morgan fingerprint density at radius 1 is 0.754 bits per heavy atom. The van der Waals surface area contributed by atoms with E-state index >= 15 is 0 Å². The van der Waals surface area contributed by atoms with E-state index < -0.39 is 84.5 Å². The molecule has 0 aromatic rings. The van der Waals surface area contributed by atoms with Gasteiger partial charge in [0.1, 0.15) is 12.7 Å². The molecule has 0 aromatic heterocycles. The van der Waals surface area contributed by atoms with Crippen LogP contribution in [-0.2, 0) is 41.8 Å². The van der Waals surface area contributed by atoms with Crippen LogP contribution in [0, 0.1) is 17.8 Å². The number of hydrogen-bond donors (Lipinski definition) is 7. The van der Waals surface area contributed by atoms with Gasteiger partial charge in [-0.2, -0.15) is 0 Å². The lowest BCUT2D eigenvalue weighted by Gasteiger charge is -2.20. The quantitative estimate of drug-likeness (QED) is 0.0165. The van der Waals surface area contributed by atoms with Gasteiger partial charge >= 0.3 is 27.6 Å². The van der Waals surface area contributed by atoms with Crippen molar-refractivity contribution in [1.29, 1.82) is 0 Å². The number of unbranched alkanes of at least 4 members (excludes halogenated alkanes) is 9.